The van der Waals surface area contributed by atoms with E-state index in [1.807, 2.05) is 29.3 Å². The van der Waals surface area contributed by atoms with Crippen LogP contribution in [0, 0.1) is 6.92 Å². The second-order valence-electron chi connectivity index (χ2n) is 8.03. The van der Waals surface area contributed by atoms with Gasteiger partial charge in [0.2, 0.25) is 5.95 Å². The van der Waals surface area contributed by atoms with Crippen molar-refractivity contribution in [2.24, 2.45) is 0 Å². The van der Waals surface area contributed by atoms with Crippen LogP contribution < -0.4 is 15.5 Å². The number of fused-ring (bicyclic) bond motifs is 3. The number of aryl methyl sites for hydroxylation is 1. The molecule has 30 heavy (non-hydrogen) atoms. The van der Waals surface area contributed by atoms with Crippen LogP contribution >= 0.6 is 0 Å². The molecule has 1 saturated heterocycles. The Hall–Kier alpha value is -3.26. The van der Waals surface area contributed by atoms with Gasteiger partial charge in [-0.3, -0.25) is 4.68 Å². The zero-order valence-electron chi connectivity index (χ0n) is 17.6. The maximum atomic E-state index is 4.83. The lowest BCUT2D eigenvalue weighted by molar-refractivity contribution is 0.552. The second-order valence-corrected chi connectivity index (χ2v) is 8.03. The van der Waals surface area contributed by atoms with E-state index in [9.17, 15) is 0 Å². The molecule has 5 rings (SSSR count). The molecule has 0 amide bonds. The summed E-state index contributed by atoms with van der Waals surface area (Å²) in [6, 6.07) is 6.44. The van der Waals surface area contributed by atoms with Crippen molar-refractivity contribution >= 4 is 39.3 Å². The van der Waals surface area contributed by atoms with Crippen LogP contribution in [0.1, 0.15) is 25.5 Å². The maximum absolute atomic E-state index is 4.83. The highest BCUT2D eigenvalue weighted by molar-refractivity contribution is 6.04. The highest BCUT2D eigenvalue weighted by Crippen LogP contribution is 2.29. The minimum absolute atomic E-state index is 0.248. The van der Waals surface area contributed by atoms with E-state index in [-0.39, 0.29) is 6.04 Å². The van der Waals surface area contributed by atoms with E-state index in [0.29, 0.717) is 5.95 Å². The zero-order chi connectivity index (χ0) is 20.7. The Morgan fingerprint density at radius 1 is 1.07 bits per heavy atom. The number of benzene rings is 1. The summed E-state index contributed by atoms with van der Waals surface area (Å²) in [6.45, 7) is 10.4. The molecule has 0 aliphatic carbocycles. The summed E-state index contributed by atoms with van der Waals surface area (Å²) < 4.78 is 2.03. The van der Waals surface area contributed by atoms with E-state index in [1.165, 1.54) is 5.56 Å². The van der Waals surface area contributed by atoms with Gasteiger partial charge < -0.3 is 15.5 Å². The van der Waals surface area contributed by atoms with Crippen LogP contribution in [0.15, 0.2) is 36.8 Å². The molecule has 0 unspecified atom stereocenters. The van der Waals surface area contributed by atoms with Gasteiger partial charge in [-0.1, -0.05) is 0 Å². The first-order chi connectivity index (χ1) is 14.6. The number of nitrogens with one attached hydrogen (secondary N) is 2. The van der Waals surface area contributed by atoms with Crippen LogP contribution in [-0.2, 0) is 0 Å². The van der Waals surface area contributed by atoms with E-state index in [1.54, 1.807) is 0 Å². The number of aromatic nitrogens is 5. The number of pyridine rings is 1. The van der Waals surface area contributed by atoms with E-state index < -0.39 is 0 Å². The molecule has 154 valence electrons. The van der Waals surface area contributed by atoms with Crippen LogP contribution in [0.5, 0.6) is 0 Å². The van der Waals surface area contributed by atoms with Crippen LogP contribution in [0.3, 0.4) is 0 Å². The molecular formula is C22H26N8. The molecule has 1 aliphatic rings. The Kier molecular flexibility index (Phi) is 4.71. The van der Waals surface area contributed by atoms with Crippen molar-refractivity contribution in [1.82, 2.24) is 30.0 Å². The molecular weight excluding hydrogens is 376 g/mol. The molecule has 1 fully saturated rings. The Morgan fingerprint density at radius 3 is 2.63 bits per heavy atom. The van der Waals surface area contributed by atoms with Gasteiger partial charge in [0.15, 0.2) is 0 Å². The number of hydrogen-bond donors (Lipinski definition) is 2. The van der Waals surface area contributed by atoms with Crippen LogP contribution in [0.25, 0.3) is 21.8 Å². The largest absolute Gasteiger partial charge is 0.368 e. The minimum Gasteiger partial charge on any atom is -0.368 e. The van der Waals surface area contributed by atoms with Crippen molar-refractivity contribution in [2.75, 3.05) is 36.4 Å². The predicted molar refractivity (Wildman–Crippen MR) is 121 cm³/mol. The number of piperazine rings is 1. The van der Waals surface area contributed by atoms with Gasteiger partial charge in [0, 0.05) is 49.2 Å². The van der Waals surface area contributed by atoms with E-state index in [0.717, 1.165) is 59.5 Å². The number of rotatable bonds is 4. The van der Waals surface area contributed by atoms with Gasteiger partial charge in [0.1, 0.15) is 11.3 Å². The number of nitrogens with zero attached hydrogens (tertiary/aromatic N) is 6. The Balaban J connectivity index is 1.48. The Morgan fingerprint density at radius 2 is 1.90 bits per heavy atom. The maximum Gasteiger partial charge on any atom is 0.228 e. The lowest BCUT2D eigenvalue weighted by atomic mass is 10.1. The van der Waals surface area contributed by atoms with Crippen LogP contribution in [-0.4, -0.2) is 50.9 Å². The molecule has 1 aromatic carbocycles. The third-order valence-corrected chi connectivity index (χ3v) is 5.59. The molecule has 2 N–H and O–H groups in total. The molecule has 0 radical (unpaired) electrons. The molecule has 4 aromatic rings. The summed E-state index contributed by atoms with van der Waals surface area (Å²) in [4.78, 5) is 16.2. The SMILES string of the molecule is Cc1cc2cnc(Nc3ccc(N4CCNCC4)cn3)nc2c2c1cnn2C(C)C. The van der Waals surface area contributed by atoms with Gasteiger partial charge in [-0.15, -0.1) is 0 Å². The van der Waals surface area contributed by atoms with Crippen molar-refractivity contribution in [1.29, 1.82) is 0 Å². The first-order valence-corrected chi connectivity index (χ1v) is 10.4. The lowest BCUT2D eigenvalue weighted by Crippen LogP contribution is -2.43. The van der Waals surface area contributed by atoms with E-state index in [2.05, 4.69) is 63.5 Å². The van der Waals surface area contributed by atoms with Crippen molar-refractivity contribution in [3.63, 3.8) is 0 Å². The quantitative estimate of drug-likeness (QED) is 0.541. The molecule has 0 bridgehead atoms. The first kappa shape index (κ1) is 18.7. The third kappa shape index (κ3) is 3.33. The standard InChI is InChI=1S/C22H26N8/c1-14(2)30-21-18(13-26-30)15(3)10-16-11-25-22(28-20(16)21)27-19-5-4-17(12-24-19)29-8-6-23-7-9-29/h4-5,10-14,23H,6-9H2,1-3H3,(H,24,25,27,28). The molecule has 0 atom stereocenters. The van der Waals surface area contributed by atoms with Crippen molar-refractivity contribution in [2.45, 2.75) is 26.8 Å². The van der Waals surface area contributed by atoms with Crippen molar-refractivity contribution < 1.29 is 0 Å². The Bertz CT molecular complexity index is 1190. The molecule has 8 nitrogen and oxygen atoms in total. The van der Waals surface area contributed by atoms with Gasteiger partial charge in [0.25, 0.3) is 0 Å². The summed E-state index contributed by atoms with van der Waals surface area (Å²) in [6.07, 6.45) is 5.70. The van der Waals surface area contributed by atoms with Crippen LogP contribution in [0.4, 0.5) is 17.5 Å². The molecule has 4 heterocycles. The molecule has 3 aromatic heterocycles. The molecule has 0 saturated carbocycles. The van der Waals surface area contributed by atoms with E-state index >= 15 is 0 Å². The normalized spacial score (nSPS) is 14.7. The Labute approximate surface area is 175 Å². The summed E-state index contributed by atoms with van der Waals surface area (Å²) in [5, 5.41) is 13.3. The average Bonchev–Trinajstić information content (AvgIpc) is 3.22. The zero-order valence-corrected chi connectivity index (χ0v) is 17.6. The van der Waals surface area contributed by atoms with Crippen molar-refractivity contribution in [3.8, 4) is 0 Å². The molecule has 8 heteroatoms. The van der Waals surface area contributed by atoms with Crippen molar-refractivity contribution in [3.05, 3.63) is 42.4 Å². The highest BCUT2D eigenvalue weighted by atomic mass is 15.3. The fourth-order valence-corrected chi connectivity index (χ4v) is 4.02. The minimum atomic E-state index is 0.248. The summed E-state index contributed by atoms with van der Waals surface area (Å²) in [5.74, 6) is 1.26. The topological polar surface area (TPSA) is 83.8 Å². The highest BCUT2D eigenvalue weighted by Gasteiger charge is 2.15. The monoisotopic (exact) mass is 402 g/mol. The lowest BCUT2D eigenvalue weighted by Gasteiger charge is -2.29. The average molecular weight is 403 g/mol. The number of hydrogen-bond acceptors (Lipinski definition) is 7. The number of anilines is 3. The fourth-order valence-electron chi connectivity index (χ4n) is 4.02. The fraction of sp³-hybridized carbons (Fsp3) is 0.364. The van der Waals surface area contributed by atoms with E-state index in [4.69, 9.17) is 4.98 Å². The first-order valence-electron chi connectivity index (χ1n) is 10.4. The summed E-state index contributed by atoms with van der Waals surface area (Å²) in [7, 11) is 0. The third-order valence-electron chi connectivity index (χ3n) is 5.59. The van der Waals surface area contributed by atoms with Gasteiger partial charge in [-0.05, 0) is 44.5 Å². The van der Waals surface area contributed by atoms with Gasteiger partial charge >= 0.3 is 0 Å². The summed E-state index contributed by atoms with van der Waals surface area (Å²) in [5.41, 5.74) is 4.27. The van der Waals surface area contributed by atoms with Gasteiger partial charge in [-0.2, -0.15) is 5.10 Å². The predicted octanol–water partition coefficient (Wildman–Crippen LogP) is 3.42. The molecule has 0 spiro atoms. The molecule has 1 aliphatic heterocycles. The summed E-state index contributed by atoms with van der Waals surface area (Å²) >= 11 is 0. The second kappa shape index (κ2) is 7.53. The van der Waals surface area contributed by atoms with Gasteiger partial charge in [-0.25, -0.2) is 15.0 Å². The van der Waals surface area contributed by atoms with Crippen LogP contribution in [0.2, 0.25) is 0 Å². The van der Waals surface area contributed by atoms with Gasteiger partial charge in [0.05, 0.1) is 23.6 Å². The smallest absolute Gasteiger partial charge is 0.228 e.